The maximum atomic E-state index is 6.20. The summed E-state index contributed by atoms with van der Waals surface area (Å²) in [6.07, 6.45) is 2.41. The third-order valence-corrected chi connectivity index (χ3v) is 5.18. The summed E-state index contributed by atoms with van der Waals surface area (Å²) in [7, 11) is 0. The second-order valence-electron chi connectivity index (χ2n) is 6.06. The minimum atomic E-state index is 0.148. The van der Waals surface area contributed by atoms with Gasteiger partial charge in [-0.05, 0) is 37.5 Å². The fraction of sp³-hybridized carbons (Fsp3) is 0.600. The summed E-state index contributed by atoms with van der Waals surface area (Å²) >= 11 is 3.62. The fourth-order valence-electron chi connectivity index (χ4n) is 2.71. The number of rotatable bonds is 3. The third-order valence-electron chi connectivity index (χ3n) is 4.32. The van der Waals surface area contributed by atoms with Gasteiger partial charge in [0, 0.05) is 48.4 Å². The summed E-state index contributed by atoms with van der Waals surface area (Å²) in [6, 6.07) is 6.64. The maximum absolute atomic E-state index is 6.20. The summed E-state index contributed by atoms with van der Waals surface area (Å²) < 4.78 is 1.20. The van der Waals surface area contributed by atoms with Crippen LogP contribution in [0.5, 0.6) is 0 Å². The molecule has 0 unspecified atom stereocenters. The Balaban J connectivity index is 1.58. The molecule has 104 valence electrons. The lowest BCUT2D eigenvalue weighted by atomic mass is 10.2. The van der Waals surface area contributed by atoms with E-state index < -0.39 is 0 Å². The van der Waals surface area contributed by atoms with Crippen molar-refractivity contribution in [2.45, 2.75) is 25.3 Å². The van der Waals surface area contributed by atoms with Crippen molar-refractivity contribution in [1.29, 1.82) is 0 Å². The lowest BCUT2D eigenvalue weighted by molar-refractivity contribution is 0.236. The molecule has 0 bridgehead atoms. The van der Waals surface area contributed by atoms with E-state index in [0.717, 1.165) is 32.7 Å². The quantitative estimate of drug-likeness (QED) is 0.926. The van der Waals surface area contributed by atoms with E-state index in [0.29, 0.717) is 0 Å². The highest BCUT2D eigenvalue weighted by molar-refractivity contribution is 9.10. The summed E-state index contributed by atoms with van der Waals surface area (Å²) in [5.74, 6) is 0. The van der Waals surface area contributed by atoms with Crippen LogP contribution >= 0.6 is 15.9 Å². The summed E-state index contributed by atoms with van der Waals surface area (Å²) in [5.41, 5.74) is 8.96. The number of hydrogen-bond donors (Lipinski definition) is 1. The van der Waals surface area contributed by atoms with E-state index in [4.69, 9.17) is 5.73 Å². The Morgan fingerprint density at radius 1 is 1.21 bits per heavy atom. The van der Waals surface area contributed by atoms with E-state index >= 15 is 0 Å². The standard InChI is InChI=1S/C15H22BrN3/c1-12-2-3-13(10-14(12)16)19-8-6-18(7-9-19)11-15(17)4-5-15/h2-3,10H,4-9,11,17H2,1H3. The van der Waals surface area contributed by atoms with Crippen LogP contribution < -0.4 is 10.6 Å². The van der Waals surface area contributed by atoms with E-state index in [2.05, 4.69) is 50.9 Å². The molecule has 1 aromatic carbocycles. The van der Waals surface area contributed by atoms with Gasteiger partial charge in [0.1, 0.15) is 0 Å². The zero-order valence-corrected chi connectivity index (χ0v) is 13.1. The van der Waals surface area contributed by atoms with E-state index in [1.165, 1.54) is 28.6 Å². The first-order valence-electron chi connectivity index (χ1n) is 7.08. The number of nitrogens with two attached hydrogens (primary N) is 1. The van der Waals surface area contributed by atoms with Gasteiger partial charge in [-0.3, -0.25) is 4.90 Å². The van der Waals surface area contributed by atoms with Crippen molar-refractivity contribution in [3.63, 3.8) is 0 Å². The molecular weight excluding hydrogens is 302 g/mol. The molecule has 1 saturated heterocycles. The fourth-order valence-corrected chi connectivity index (χ4v) is 3.07. The van der Waals surface area contributed by atoms with Gasteiger partial charge in [0.25, 0.3) is 0 Å². The molecule has 1 aromatic rings. The Morgan fingerprint density at radius 3 is 2.47 bits per heavy atom. The van der Waals surface area contributed by atoms with Gasteiger partial charge in [-0.15, -0.1) is 0 Å². The Morgan fingerprint density at radius 2 is 1.89 bits per heavy atom. The number of nitrogens with zero attached hydrogens (tertiary/aromatic N) is 2. The van der Waals surface area contributed by atoms with Gasteiger partial charge in [-0.2, -0.15) is 0 Å². The van der Waals surface area contributed by atoms with Crippen LogP contribution in [-0.2, 0) is 0 Å². The molecule has 2 fully saturated rings. The number of benzene rings is 1. The summed E-state index contributed by atoms with van der Waals surface area (Å²) in [5, 5.41) is 0. The van der Waals surface area contributed by atoms with E-state index in [9.17, 15) is 0 Å². The van der Waals surface area contributed by atoms with Gasteiger partial charge in [0.2, 0.25) is 0 Å². The van der Waals surface area contributed by atoms with Crippen LogP contribution in [-0.4, -0.2) is 43.2 Å². The molecule has 1 aliphatic heterocycles. The molecule has 19 heavy (non-hydrogen) atoms. The van der Waals surface area contributed by atoms with Crippen molar-refractivity contribution in [2.75, 3.05) is 37.6 Å². The Hall–Kier alpha value is -0.580. The predicted molar refractivity (Wildman–Crippen MR) is 83.7 cm³/mol. The first-order chi connectivity index (χ1) is 9.06. The molecule has 2 aliphatic rings. The van der Waals surface area contributed by atoms with Gasteiger partial charge >= 0.3 is 0 Å². The van der Waals surface area contributed by atoms with Gasteiger partial charge in [-0.1, -0.05) is 22.0 Å². The van der Waals surface area contributed by atoms with Gasteiger partial charge in [0.05, 0.1) is 0 Å². The van der Waals surface area contributed by atoms with Crippen LogP contribution in [0, 0.1) is 6.92 Å². The number of anilines is 1. The normalized spacial score (nSPS) is 22.6. The van der Waals surface area contributed by atoms with Gasteiger partial charge < -0.3 is 10.6 Å². The molecule has 3 rings (SSSR count). The van der Waals surface area contributed by atoms with E-state index in [-0.39, 0.29) is 5.54 Å². The smallest absolute Gasteiger partial charge is 0.0378 e. The van der Waals surface area contributed by atoms with Crippen LogP contribution in [0.15, 0.2) is 22.7 Å². The van der Waals surface area contributed by atoms with Crippen LogP contribution in [0.25, 0.3) is 0 Å². The number of halogens is 1. The zero-order valence-electron chi connectivity index (χ0n) is 11.5. The highest BCUT2D eigenvalue weighted by Crippen LogP contribution is 2.33. The predicted octanol–water partition coefficient (Wildman–Crippen LogP) is 2.37. The molecule has 0 aromatic heterocycles. The van der Waals surface area contributed by atoms with Crippen LogP contribution in [0.3, 0.4) is 0 Å². The van der Waals surface area contributed by atoms with Gasteiger partial charge in [-0.25, -0.2) is 0 Å². The van der Waals surface area contributed by atoms with Crippen molar-refractivity contribution in [1.82, 2.24) is 4.90 Å². The minimum absolute atomic E-state index is 0.148. The van der Waals surface area contributed by atoms with E-state index in [1.807, 2.05) is 0 Å². The number of hydrogen-bond acceptors (Lipinski definition) is 3. The monoisotopic (exact) mass is 323 g/mol. The van der Waals surface area contributed by atoms with Crippen molar-refractivity contribution in [2.24, 2.45) is 5.73 Å². The second-order valence-corrected chi connectivity index (χ2v) is 6.91. The Kier molecular flexibility index (Phi) is 3.58. The molecule has 0 radical (unpaired) electrons. The summed E-state index contributed by atoms with van der Waals surface area (Å²) in [6.45, 7) is 7.67. The molecule has 3 nitrogen and oxygen atoms in total. The third kappa shape index (κ3) is 3.12. The number of aryl methyl sites for hydroxylation is 1. The zero-order chi connectivity index (χ0) is 13.5. The first kappa shape index (κ1) is 13.4. The maximum Gasteiger partial charge on any atom is 0.0378 e. The largest absolute Gasteiger partial charge is 0.369 e. The lowest BCUT2D eigenvalue weighted by Crippen LogP contribution is -2.50. The average Bonchev–Trinajstić information content (AvgIpc) is 3.11. The lowest BCUT2D eigenvalue weighted by Gasteiger charge is -2.37. The molecule has 1 aliphatic carbocycles. The topological polar surface area (TPSA) is 32.5 Å². The molecule has 1 saturated carbocycles. The SMILES string of the molecule is Cc1ccc(N2CCN(CC3(N)CC3)CC2)cc1Br. The van der Waals surface area contributed by atoms with Crippen molar-refractivity contribution < 1.29 is 0 Å². The Bertz CT molecular complexity index is 462. The highest BCUT2D eigenvalue weighted by atomic mass is 79.9. The van der Waals surface area contributed by atoms with Crippen LogP contribution in [0.4, 0.5) is 5.69 Å². The van der Waals surface area contributed by atoms with Crippen LogP contribution in [0.2, 0.25) is 0 Å². The molecule has 1 heterocycles. The second kappa shape index (κ2) is 5.08. The number of piperazine rings is 1. The van der Waals surface area contributed by atoms with Gasteiger partial charge in [0.15, 0.2) is 0 Å². The van der Waals surface area contributed by atoms with Crippen molar-refractivity contribution >= 4 is 21.6 Å². The molecule has 4 heteroatoms. The molecular formula is C15H22BrN3. The van der Waals surface area contributed by atoms with E-state index in [1.54, 1.807) is 0 Å². The minimum Gasteiger partial charge on any atom is -0.369 e. The average molecular weight is 324 g/mol. The van der Waals surface area contributed by atoms with Crippen molar-refractivity contribution in [3.8, 4) is 0 Å². The molecule has 0 spiro atoms. The Labute approximate surface area is 123 Å². The first-order valence-corrected chi connectivity index (χ1v) is 7.87. The van der Waals surface area contributed by atoms with Crippen molar-refractivity contribution in [3.05, 3.63) is 28.2 Å². The molecule has 2 N–H and O–H groups in total. The molecule has 0 atom stereocenters. The highest BCUT2D eigenvalue weighted by Gasteiger charge is 2.40. The van der Waals surface area contributed by atoms with Crippen LogP contribution in [0.1, 0.15) is 18.4 Å². The summed E-state index contributed by atoms with van der Waals surface area (Å²) in [4.78, 5) is 4.99. The molecule has 0 amide bonds.